The number of nitrogens with one attached hydrogen (secondary N) is 2. The molecule has 0 spiro atoms. The number of rotatable bonds is 8. The lowest BCUT2D eigenvalue weighted by Crippen LogP contribution is -2.40. The van der Waals surface area contributed by atoms with Gasteiger partial charge < -0.3 is 24.3 Å². The van der Waals surface area contributed by atoms with Gasteiger partial charge in [0.05, 0.1) is 34.2 Å². The third kappa shape index (κ3) is 5.91. The molecule has 0 aliphatic carbocycles. The fourth-order valence-electron chi connectivity index (χ4n) is 1.86. The molecule has 0 aliphatic heterocycles. The number of nitrogens with zero attached hydrogens (tertiary/aromatic N) is 1. The third-order valence-corrected chi connectivity index (χ3v) is 3.11. The zero-order chi connectivity index (χ0) is 17.2. The Morgan fingerprint density at radius 3 is 2.30 bits per heavy atom. The fourth-order valence-corrected chi connectivity index (χ4v) is 2.12. The van der Waals surface area contributed by atoms with Gasteiger partial charge in [0.2, 0.25) is 0 Å². The molecule has 1 rings (SSSR count). The summed E-state index contributed by atoms with van der Waals surface area (Å²) < 4.78 is 20.9. The van der Waals surface area contributed by atoms with Crippen LogP contribution >= 0.6 is 12.2 Å². The maximum Gasteiger partial charge on any atom is 0.187 e. The Bertz CT molecular complexity index is 552. The Balaban J connectivity index is 2.77. The monoisotopic (exact) mass is 341 g/mol. The second-order valence-electron chi connectivity index (χ2n) is 4.65. The first kappa shape index (κ1) is 19.0. The van der Waals surface area contributed by atoms with Crippen LogP contribution in [0.1, 0.15) is 12.5 Å². The molecule has 23 heavy (non-hydrogen) atoms. The largest absolute Gasteiger partial charge is 0.496 e. The Morgan fingerprint density at radius 1 is 1.13 bits per heavy atom. The highest BCUT2D eigenvalue weighted by molar-refractivity contribution is 7.80. The minimum atomic E-state index is 0.0887. The van der Waals surface area contributed by atoms with E-state index >= 15 is 0 Å². The molecule has 1 aromatic rings. The Kier molecular flexibility index (Phi) is 8.14. The predicted molar refractivity (Wildman–Crippen MR) is 93.9 cm³/mol. The molecule has 2 N–H and O–H groups in total. The van der Waals surface area contributed by atoms with Gasteiger partial charge in [-0.1, -0.05) is 0 Å². The average Bonchev–Trinajstić information content (AvgIpc) is 2.54. The van der Waals surface area contributed by atoms with Crippen molar-refractivity contribution in [3.63, 3.8) is 0 Å². The Morgan fingerprint density at radius 2 is 1.74 bits per heavy atom. The molecule has 0 fully saturated rings. The molecule has 0 amide bonds. The van der Waals surface area contributed by atoms with E-state index in [-0.39, 0.29) is 6.04 Å². The number of ether oxygens (including phenoxy) is 4. The number of hydrogen-bond acceptors (Lipinski definition) is 6. The SMILES string of the molecule is COC[C@H](C)NC(=S)N/N=C\c1cc(OC)c(OC)cc1OC. The lowest BCUT2D eigenvalue weighted by Gasteiger charge is -2.14. The summed E-state index contributed by atoms with van der Waals surface area (Å²) in [5.74, 6) is 1.78. The molecular formula is C15H23N3O4S. The summed E-state index contributed by atoms with van der Waals surface area (Å²) in [6.45, 7) is 2.51. The van der Waals surface area contributed by atoms with E-state index in [0.717, 1.165) is 5.56 Å². The van der Waals surface area contributed by atoms with E-state index in [1.807, 2.05) is 6.92 Å². The minimum absolute atomic E-state index is 0.0887. The van der Waals surface area contributed by atoms with Crippen LogP contribution in [0, 0.1) is 0 Å². The summed E-state index contributed by atoms with van der Waals surface area (Å²) in [5, 5.41) is 7.55. The van der Waals surface area contributed by atoms with Crippen LogP contribution in [0.5, 0.6) is 17.2 Å². The summed E-state index contributed by atoms with van der Waals surface area (Å²) in [5.41, 5.74) is 3.47. The van der Waals surface area contributed by atoms with Crippen molar-refractivity contribution < 1.29 is 18.9 Å². The van der Waals surface area contributed by atoms with Gasteiger partial charge in [-0.3, -0.25) is 5.43 Å². The van der Waals surface area contributed by atoms with Gasteiger partial charge in [0.15, 0.2) is 16.6 Å². The highest BCUT2D eigenvalue weighted by Crippen LogP contribution is 2.33. The first-order valence-corrected chi connectivity index (χ1v) is 7.35. The second-order valence-corrected chi connectivity index (χ2v) is 5.06. The van der Waals surface area contributed by atoms with E-state index in [0.29, 0.717) is 29.0 Å². The second kappa shape index (κ2) is 9.86. The maximum atomic E-state index is 5.32. The minimum Gasteiger partial charge on any atom is -0.496 e. The molecular weight excluding hydrogens is 318 g/mol. The summed E-state index contributed by atoms with van der Waals surface area (Å²) in [4.78, 5) is 0. The lowest BCUT2D eigenvalue weighted by atomic mass is 10.2. The number of thiocarbonyl (C=S) groups is 1. The van der Waals surface area contributed by atoms with Gasteiger partial charge in [0.25, 0.3) is 0 Å². The molecule has 1 aromatic carbocycles. The highest BCUT2D eigenvalue weighted by atomic mass is 32.1. The standard InChI is InChI=1S/C15H23N3O4S/c1-10(9-19-2)17-15(23)18-16-8-11-6-13(21-4)14(22-5)7-12(11)20-3/h6-8,10H,9H2,1-5H3,(H2,17,18,23)/b16-8-/t10-/m0/s1. The van der Waals surface area contributed by atoms with Crippen molar-refractivity contribution in [2.75, 3.05) is 35.0 Å². The molecule has 0 saturated carbocycles. The summed E-state index contributed by atoms with van der Waals surface area (Å²) in [7, 11) is 6.35. The zero-order valence-electron chi connectivity index (χ0n) is 14.0. The molecule has 1 atom stereocenters. The van der Waals surface area contributed by atoms with Crippen LogP contribution in [-0.2, 0) is 4.74 Å². The predicted octanol–water partition coefficient (Wildman–Crippen LogP) is 1.55. The van der Waals surface area contributed by atoms with E-state index in [4.69, 9.17) is 31.2 Å². The highest BCUT2D eigenvalue weighted by Gasteiger charge is 2.10. The Hall–Kier alpha value is -2.06. The van der Waals surface area contributed by atoms with Gasteiger partial charge in [-0.25, -0.2) is 0 Å². The smallest absolute Gasteiger partial charge is 0.187 e. The molecule has 0 heterocycles. The molecule has 8 heteroatoms. The molecule has 0 radical (unpaired) electrons. The van der Waals surface area contributed by atoms with Gasteiger partial charge in [0.1, 0.15) is 5.75 Å². The quantitative estimate of drug-likeness (QED) is 0.422. The lowest BCUT2D eigenvalue weighted by molar-refractivity contribution is 0.179. The van der Waals surface area contributed by atoms with Crippen molar-refractivity contribution in [3.8, 4) is 17.2 Å². The van der Waals surface area contributed by atoms with Crippen LogP contribution < -0.4 is 25.0 Å². The molecule has 0 unspecified atom stereocenters. The number of benzene rings is 1. The van der Waals surface area contributed by atoms with Gasteiger partial charge in [0, 0.05) is 24.8 Å². The van der Waals surface area contributed by atoms with E-state index in [2.05, 4.69) is 15.8 Å². The number of hydrogen-bond donors (Lipinski definition) is 2. The van der Waals surface area contributed by atoms with E-state index in [1.54, 1.807) is 46.8 Å². The number of hydrazone groups is 1. The summed E-state index contributed by atoms with van der Waals surface area (Å²) in [6, 6.07) is 3.59. The summed E-state index contributed by atoms with van der Waals surface area (Å²) in [6.07, 6.45) is 1.59. The molecule has 7 nitrogen and oxygen atoms in total. The van der Waals surface area contributed by atoms with Crippen molar-refractivity contribution in [3.05, 3.63) is 17.7 Å². The average molecular weight is 341 g/mol. The van der Waals surface area contributed by atoms with Crippen LogP contribution in [0.2, 0.25) is 0 Å². The third-order valence-electron chi connectivity index (χ3n) is 2.90. The van der Waals surface area contributed by atoms with Crippen molar-refractivity contribution in [1.29, 1.82) is 0 Å². The van der Waals surface area contributed by atoms with Gasteiger partial charge in [-0.15, -0.1) is 0 Å². The van der Waals surface area contributed by atoms with Crippen LogP contribution in [0.4, 0.5) is 0 Å². The molecule has 128 valence electrons. The van der Waals surface area contributed by atoms with Crippen molar-refractivity contribution >= 4 is 23.5 Å². The van der Waals surface area contributed by atoms with Crippen molar-refractivity contribution in [1.82, 2.24) is 10.7 Å². The van der Waals surface area contributed by atoms with Gasteiger partial charge >= 0.3 is 0 Å². The molecule has 0 aliphatic rings. The van der Waals surface area contributed by atoms with Crippen LogP contribution in [0.15, 0.2) is 17.2 Å². The molecule has 0 saturated heterocycles. The first-order valence-electron chi connectivity index (χ1n) is 6.94. The fraction of sp³-hybridized carbons (Fsp3) is 0.467. The van der Waals surface area contributed by atoms with E-state index in [1.165, 1.54) is 0 Å². The summed E-state index contributed by atoms with van der Waals surface area (Å²) >= 11 is 5.14. The van der Waals surface area contributed by atoms with Crippen LogP contribution in [0.25, 0.3) is 0 Å². The molecule has 0 aromatic heterocycles. The number of methoxy groups -OCH3 is 4. The first-order chi connectivity index (χ1) is 11.0. The van der Waals surface area contributed by atoms with Gasteiger partial charge in [-0.2, -0.15) is 5.10 Å². The Labute approximate surface area is 141 Å². The van der Waals surface area contributed by atoms with Gasteiger partial charge in [-0.05, 0) is 25.2 Å². The zero-order valence-corrected chi connectivity index (χ0v) is 14.8. The topological polar surface area (TPSA) is 73.3 Å². The molecule has 0 bridgehead atoms. The maximum absolute atomic E-state index is 5.32. The van der Waals surface area contributed by atoms with E-state index in [9.17, 15) is 0 Å². The van der Waals surface area contributed by atoms with Crippen LogP contribution in [-0.4, -0.2) is 52.4 Å². The van der Waals surface area contributed by atoms with Crippen molar-refractivity contribution in [2.24, 2.45) is 5.10 Å². The van der Waals surface area contributed by atoms with E-state index < -0.39 is 0 Å². The van der Waals surface area contributed by atoms with Crippen molar-refractivity contribution in [2.45, 2.75) is 13.0 Å². The normalized spacial score (nSPS) is 11.9. The van der Waals surface area contributed by atoms with Crippen LogP contribution in [0.3, 0.4) is 0 Å².